The van der Waals surface area contributed by atoms with E-state index in [0.717, 1.165) is 6.07 Å². The Morgan fingerprint density at radius 1 is 1.58 bits per heavy atom. The van der Waals surface area contributed by atoms with Gasteiger partial charge in [0.1, 0.15) is 0 Å². The molecule has 1 N–H and O–H groups in total. The van der Waals surface area contributed by atoms with Gasteiger partial charge in [-0.15, -0.1) is 0 Å². The zero-order valence-electron chi connectivity index (χ0n) is 6.06. The van der Waals surface area contributed by atoms with Gasteiger partial charge < -0.3 is 10.1 Å². The fourth-order valence-electron chi connectivity index (χ4n) is 1.02. The van der Waals surface area contributed by atoms with E-state index in [1.807, 2.05) is 0 Å². The predicted octanol–water partition coefficient (Wildman–Crippen LogP) is 0.957. The molecule has 1 heterocycles. The first-order chi connectivity index (χ1) is 5.77. The van der Waals surface area contributed by atoms with Crippen LogP contribution >= 0.6 is 0 Å². The molecule has 12 heavy (non-hydrogen) atoms. The third-order valence-corrected chi connectivity index (χ3v) is 1.52. The molecule has 2 rings (SSSR count). The molecule has 0 saturated carbocycles. The summed E-state index contributed by atoms with van der Waals surface area (Å²) in [7, 11) is 0. The van der Waals surface area contributed by atoms with Gasteiger partial charge in [0.05, 0.1) is 5.69 Å². The van der Waals surface area contributed by atoms with Crippen LogP contribution in [0.1, 0.15) is 0 Å². The highest BCUT2D eigenvalue weighted by atomic mass is 19.1. The van der Waals surface area contributed by atoms with E-state index in [9.17, 15) is 9.18 Å². The van der Waals surface area contributed by atoms with Crippen LogP contribution < -0.4 is 10.1 Å². The molecule has 0 atom stereocenters. The lowest BCUT2D eigenvalue weighted by molar-refractivity contribution is -0.118. The Labute approximate surface area is 68.1 Å². The summed E-state index contributed by atoms with van der Waals surface area (Å²) in [6, 6.07) is 5.17. The van der Waals surface area contributed by atoms with Gasteiger partial charge in [0.15, 0.2) is 18.2 Å². The molecule has 1 amide bonds. The zero-order chi connectivity index (χ0) is 8.55. The smallest absolute Gasteiger partial charge is 0.262 e. The van der Waals surface area contributed by atoms with E-state index < -0.39 is 5.82 Å². The summed E-state index contributed by atoms with van der Waals surface area (Å²) >= 11 is 0. The van der Waals surface area contributed by atoms with Crippen LogP contribution in [0.3, 0.4) is 0 Å². The number of carbonyl (C=O) groups is 1. The molecule has 61 valence electrons. The van der Waals surface area contributed by atoms with Gasteiger partial charge in [0.25, 0.3) is 5.91 Å². The first kappa shape index (κ1) is 7.09. The molecule has 1 aliphatic heterocycles. The average Bonchev–Trinajstić information content (AvgIpc) is 2.04. The lowest BCUT2D eigenvalue weighted by Crippen LogP contribution is -2.25. The second-order valence-corrected chi connectivity index (χ2v) is 2.38. The minimum atomic E-state index is -0.507. The highest BCUT2D eigenvalue weighted by molar-refractivity contribution is 5.95. The van der Waals surface area contributed by atoms with Crippen molar-refractivity contribution in [1.29, 1.82) is 0 Å². The van der Waals surface area contributed by atoms with Gasteiger partial charge in [0.2, 0.25) is 0 Å². The summed E-state index contributed by atoms with van der Waals surface area (Å²) in [6.45, 7) is -0.131. The number of carbonyl (C=O) groups excluding carboxylic acids is 1. The Hall–Kier alpha value is -1.58. The van der Waals surface area contributed by atoms with Gasteiger partial charge in [-0.2, -0.15) is 0 Å². The molecule has 0 unspecified atom stereocenters. The first-order valence-electron chi connectivity index (χ1n) is 3.39. The minimum Gasteiger partial charge on any atom is -0.478 e. The number of benzene rings is 1. The lowest BCUT2D eigenvalue weighted by atomic mass is 10.2. The van der Waals surface area contributed by atoms with Crippen LogP contribution in [-0.4, -0.2) is 12.5 Å². The van der Waals surface area contributed by atoms with Crippen molar-refractivity contribution in [3.63, 3.8) is 0 Å². The van der Waals surface area contributed by atoms with E-state index in [2.05, 4.69) is 11.4 Å². The molecule has 0 saturated heterocycles. The molecule has 0 bridgehead atoms. The first-order valence-corrected chi connectivity index (χ1v) is 3.39. The summed E-state index contributed by atoms with van der Waals surface area (Å²) in [4.78, 5) is 10.8. The maximum atomic E-state index is 12.9. The number of halogens is 1. The summed E-state index contributed by atoms with van der Waals surface area (Å²) in [5, 5.41) is 2.47. The molecular weight excluding hydrogens is 161 g/mol. The van der Waals surface area contributed by atoms with Crippen LogP contribution in [0, 0.1) is 11.9 Å². The Bertz CT molecular complexity index is 338. The number of fused-ring (bicyclic) bond motifs is 1. The standard InChI is InChI=1S/C8H5FNO2/c9-5-2-1-3-6-8(5)12-4-7(11)10-6/h2-3H,4H2,(H,10,11). The lowest BCUT2D eigenvalue weighted by Gasteiger charge is -2.17. The molecular formula is C8H5FNO2. The van der Waals surface area contributed by atoms with Crippen LogP contribution in [-0.2, 0) is 4.79 Å². The molecule has 1 aromatic carbocycles. The topological polar surface area (TPSA) is 38.3 Å². The van der Waals surface area contributed by atoms with Crippen molar-refractivity contribution in [3.8, 4) is 5.75 Å². The highest BCUT2D eigenvalue weighted by Gasteiger charge is 2.18. The van der Waals surface area contributed by atoms with Gasteiger partial charge in [0, 0.05) is 0 Å². The van der Waals surface area contributed by atoms with Crippen molar-refractivity contribution in [2.45, 2.75) is 0 Å². The van der Waals surface area contributed by atoms with Crippen LogP contribution in [0.25, 0.3) is 0 Å². The molecule has 0 aliphatic carbocycles. The van der Waals surface area contributed by atoms with E-state index in [-0.39, 0.29) is 18.3 Å². The molecule has 1 aromatic rings. The quantitative estimate of drug-likeness (QED) is 0.623. The normalized spacial score (nSPS) is 14.6. The molecule has 3 nitrogen and oxygen atoms in total. The molecule has 0 fully saturated rings. The summed E-state index contributed by atoms with van der Waals surface area (Å²) in [5.41, 5.74) is 0.339. The third-order valence-electron chi connectivity index (χ3n) is 1.52. The zero-order valence-corrected chi connectivity index (χ0v) is 6.06. The van der Waals surface area contributed by atoms with Crippen LogP contribution in [0.4, 0.5) is 10.1 Å². The van der Waals surface area contributed by atoms with Crippen LogP contribution in [0.15, 0.2) is 12.1 Å². The fraction of sp³-hybridized carbons (Fsp3) is 0.125. The van der Waals surface area contributed by atoms with Crippen molar-refractivity contribution in [3.05, 3.63) is 24.0 Å². The molecule has 0 spiro atoms. The number of ether oxygens (including phenoxy) is 1. The average molecular weight is 166 g/mol. The van der Waals surface area contributed by atoms with Gasteiger partial charge in [-0.3, -0.25) is 4.79 Å². The van der Waals surface area contributed by atoms with Crippen LogP contribution in [0.5, 0.6) is 5.75 Å². The van der Waals surface area contributed by atoms with Gasteiger partial charge in [-0.05, 0) is 18.2 Å². The monoisotopic (exact) mass is 166 g/mol. The molecule has 1 aliphatic rings. The second kappa shape index (κ2) is 2.48. The van der Waals surface area contributed by atoms with E-state index >= 15 is 0 Å². The third kappa shape index (κ3) is 1.01. The summed E-state index contributed by atoms with van der Waals surface area (Å²) in [6.07, 6.45) is 0. The van der Waals surface area contributed by atoms with E-state index in [0.29, 0.717) is 5.69 Å². The maximum absolute atomic E-state index is 12.9. The number of hydrogen-bond donors (Lipinski definition) is 1. The number of hydrogen-bond acceptors (Lipinski definition) is 2. The van der Waals surface area contributed by atoms with E-state index in [1.165, 1.54) is 6.07 Å². The SMILES string of the molecule is O=C1COc2c(F)c[c]cc2N1. The number of amides is 1. The molecule has 1 radical (unpaired) electrons. The van der Waals surface area contributed by atoms with Crippen molar-refractivity contribution in [2.75, 3.05) is 11.9 Å². The summed E-state index contributed by atoms with van der Waals surface area (Å²) < 4.78 is 17.8. The maximum Gasteiger partial charge on any atom is 0.262 e. The fourth-order valence-corrected chi connectivity index (χ4v) is 1.02. The van der Waals surface area contributed by atoms with E-state index in [1.54, 1.807) is 0 Å². The van der Waals surface area contributed by atoms with Gasteiger partial charge in [-0.1, -0.05) is 0 Å². The Morgan fingerprint density at radius 3 is 3.25 bits per heavy atom. The van der Waals surface area contributed by atoms with Crippen molar-refractivity contribution in [2.24, 2.45) is 0 Å². The Kier molecular flexibility index (Phi) is 1.46. The van der Waals surface area contributed by atoms with Crippen molar-refractivity contribution < 1.29 is 13.9 Å². The predicted molar refractivity (Wildman–Crippen MR) is 39.4 cm³/mol. The Balaban J connectivity index is 2.48. The van der Waals surface area contributed by atoms with E-state index in [4.69, 9.17) is 4.74 Å². The molecule has 0 aromatic heterocycles. The number of anilines is 1. The minimum absolute atomic E-state index is 0.0911. The number of rotatable bonds is 0. The summed E-state index contributed by atoms with van der Waals surface area (Å²) in [5.74, 6) is -0.692. The largest absolute Gasteiger partial charge is 0.478 e. The molecule has 4 heteroatoms. The Morgan fingerprint density at radius 2 is 2.42 bits per heavy atom. The number of nitrogens with one attached hydrogen (secondary N) is 1. The highest BCUT2D eigenvalue weighted by Crippen LogP contribution is 2.29. The second-order valence-electron chi connectivity index (χ2n) is 2.38. The van der Waals surface area contributed by atoms with Gasteiger partial charge in [-0.25, -0.2) is 4.39 Å². The van der Waals surface area contributed by atoms with Crippen LogP contribution in [0.2, 0.25) is 0 Å². The van der Waals surface area contributed by atoms with Crippen molar-refractivity contribution in [1.82, 2.24) is 0 Å². The van der Waals surface area contributed by atoms with Crippen molar-refractivity contribution >= 4 is 11.6 Å². The van der Waals surface area contributed by atoms with Gasteiger partial charge >= 0.3 is 0 Å².